The number of fused-ring (bicyclic) bond motifs is 2. The number of hydrogen-bond acceptors (Lipinski definition) is 7. The van der Waals surface area contributed by atoms with Gasteiger partial charge in [0.1, 0.15) is 17.3 Å². The Morgan fingerprint density at radius 2 is 2.06 bits per heavy atom. The van der Waals surface area contributed by atoms with Crippen molar-refractivity contribution in [2.45, 2.75) is 64.5 Å². The van der Waals surface area contributed by atoms with Gasteiger partial charge in [0.2, 0.25) is 5.95 Å². The molecule has 2 fully saturated rings. The number of aromatic nitrogens is 4. The standard InChI is InChI=1S/C23H32N6O2/c1-13-7-15-9-16(12-23(3,30)11-15)21(13)27-22-24-17(18-5-4-6-31-18)10-19(26-22)25-20-8-14(2)28-29-20/h5,8,10,13,15-16,21,30H,4,6-7,9,11-12H2,1-3H3,(H3,24,25,26,27,28,29). The average molecular weight is 425 g/mol. The minimum absolute atomic E-state index is 0.234. The topological polar surface area (TPSA) is 108 Å². The lowest BCUT2D eigenvalue weighted by atomic mass is 9.61. The van der Waals surface area contributed by atoms with Crippen molar-refractivity contribution in [3.8, 4) is 0 Å². The highest BCUT2D eigenvalue weighted by molar-refractivity contribution is 5.64. The number of rotatable bonds is 5. The third kappa shape index (κ3) is 4.39. The van der Waals surface area contributed by atoms with E-state index in [0.717, 1.165) is 49.3 Å². The molecule has 5 rings (SSSR count). The van der Waals surface area contributed by atoms with E-state index in [1.165, 1.54) is 0 Å². The zero-order valence-corrected chi connectivity index (χ0v) is 18.5. The van der Waals surface area contributed by atoms with Gasteiger partial charge in [-0.15, -0.1) is 0 Å². The second kappa shape index (κ2) is 7.82. The number of aromatic amines is 1. The fourth-order valence-corrected chi connectivity index (χ4v) is 5.78. The summed E-state index contributed by atoms with van der Waals surface area (Å²) in [5.74, 6) is 4.29. The molecule has 4 N–H and O–H groups in total. The van der Waals surface area contributed by atoms with Gasteiger partial charge in [-0.3, -0.25) is 5.10 Å². The van der Waals surface area contributed by atoms with Crippen molar-refractivity contribution in [2.75, 3.05) is 17.2 Å². The Hall–Kier alpha value is -2.61. The van der Waals surface area contributed by atoms with Gasteiger partial charge in [0.05, 0.1) is 12.2 Å². The zero-order valence-electron chi connectivity index (χ0n) is 18.5. The fourth-order valence-electron chi connectivity index (χ4n) is 5.78. The van der Waals surface area contributed by atoms with Crippen LogP contribution in [-0.4, -0.2) is 43.5 Å². The van der Waals surface area contributed by atoms with Gasteiger partial charge in [-0.25, -0.2) is 4.98 Å². The molecule has 3 heterocycles. The monoisotopic (exact) mass is 424 g/mol. The molecule has 2 aliphatic carbocycles. The lowest BCUT2D eigenvalue weighted by Gasteiger charge is -2.49. The van der Waals surface area contributed by atoms with E-state index < -0.39 is 5.60 Å². The number of aryl methyl sites for hydroxylation is 1. The van der Waals surface area contributed by atoms with E-state index in [2.05, 4.69) is 33.8 Å². The maximum Gasteiger partial charge on any atom is 0.225 e. The Morgan fingerprint density at radius 3 is 2.81 bits per heavy atom. The molecular weight excluding hydrogens is 392 g/mol. The lowest BCUT2D eigenvalue weighted by molar-refractivity contribution is -0.0502. The summed E-state index contributed by atoms with van der Waals surface area (Å²) in [5.41, 5.74) is 1.16. The molecule has 2 aromatic rings. The van der Waals surface area contributed by atoms with Crippen molar-refractivity contribution in [1.29, 1.82) is 0 Å². The molecule has 8 nitrogen and oxygen atoms in total. The molecule has 2 aromatic heterocycles. The lowest BCUT2D eigenvalue weighted by Crippen LogP contribution is -2.50. The molecule has 166 valence electrons. The highest BCUT2D eigenvalue weighted by Gasteiger charge is 2.45. The first kappa shape index (κ1) is 20.3. The predicted octanol–water partition coefficient (Wildman–Crippen LogP) is 4.00. The largest absolute Gasteiger partial charge is 0.491 e. The van der Waals surface area contributed by atoms with Gasteiger partial charge in [-0.1, -0.05) is 6.92 Å². The molecule has 0 aromatic carbocycles. The van der Waals surface area contributed by atoms with Crippen molar-refractivity contribution < 1.29 is 9.84 Å². The highest BCUT2D eigenvalue weighted by Crippen LogP contribution is 2.47. The third-order valence-corrected chi connectivity index (χ3v) is 6.83. The van der Waals surface area contributed by atoms with Crippen LogP contribution in [0.15, 0.2) is 18.2 Å². The van der Waals surface area contributed by atoms with Crippen LogP contribution >= 0.6 is 0 Å². The molecule has 5 atom stereocenters. The number of aliphatic hydroxyl groups is 1. The van der Waals surface area contributed by atoms with Gasteiger partial charge in [0, 0.05) is 30.3 Å². The zero-order chi connectivity index (χ0) is 21.6. The molecule has 0 saturated heterocycles. The molecule has 0 spiro atoms. The first-order valence-corrected chi connectivity index (χ1v) is 11.3. The number of hydrogen-bond donors (Lipinski definition) is 4. The highest BCUT2D eigenvalue weighted by atomic mass is 16.5. The molecule has 31 heavy (non-hydrogen) atoms. The van der Waals surface area contributed by atoms with Crippen LogP contribution in [0.1, 0.15) is 57.3 Å². The first-order valence-electron chi connectivity index (χ1n) is 11.3. The molecule has 5 unspecified atom stereocenters. The predicted molar refractivity (Wildman–Crippen MR) is 120 cm³/mol. The van der Waals surface area contributed by atoms with Crippen molar-refractivity contribution in [2.24, 2.45) is 17.8 Å². The molecule has 3 aliphatic rings. The summed E-state index contributed by atoms with van der Waals surface area (Å²) in [6, 6.07) is 4.07. The summed E-state index contributed by atoms with van der Waals surface area (Å²) in [4.78, 5) is 9.53. The Kier molecular flexibility index (Phi) is 5.12. The Bertz CT molecular complexity index is 982. The summed E-state index contributed by atoms with van der Waals surface area (Å²) in [6.07, 6.45) is 6.97. The van der Waals surface area contributed by atoms with Gasteiger partial charge in [0.25, 0.3) is 0 Å². The van der Waals surface area contributed by atoms with E-state index in [-0.39, 0.29) is 6.04 Å². The van der Waals surface area contributed by atoms with E-state index in [1.807, 2.05) is 26.0 Å². The second-order valence-corrected chi connectivity index (χ2v) is 9.88. The van der Waals surface area contributed by atoms with Crippen LogP contribution in [0.3, 0.4) is 0 Å². The van der Waals surface area contributed by atoms with Crippen molar-refractivity contribution in [3.05, 3.63) is 29.6 Å². The number of nitrogens with one attached hydrogen (secondary N) is 3. The number of anilines is 3. The summed E-state index contributed by atoms with van der Waals surface area (Å²) in [6.45, 7) is 6.93. The minimum atomic E-state index is -0.580. The quantitative estimate of drug-likeness (QED) is 0.574. The second-order valence-electron chi connectivity index (χ2n) is 9.88. The summed E-state index contributed by atoms with van der Waals surface area (Å²) < 4.78 is 5.77. The number of H-pyrrole nitrogens is 1. The summed E-state index contributed by atoms with van der Waals surface area (Å²) in [5, 5.41) is 24.9. The van der Waals surface area contributed by atoms with E-state index in [9.17, 15) is 5.11 Å². The maximum atomic E-state index is 10.7. The molecule has 1 aliphatic heterocycles. The van der Waals surface area contributed by atoms with Crippen LogP contribution in [0.2, 0.25) is 0 Å². The number of nitrogens with zero attached hydrogens (tertiary/aromatic N) is 3. The van der Waals surface area contributed by atoms with Gasteiger partial charge in [-0.2, -0.15) is 10.1 Å². The SMILES string of the molecule is Cc1cc(Nc2cc(C3=CCCO3)nc(NC3C(C)CC4CC3CC(C)(O)C4)n2)n[nH]1. The minimum Gasteiger partial charge on any atom is -0.491 e. The Labute approximate surface area is 182 Å². The van der Waals surface area contributed by atoms with E-state index in [0.29, 0.717) is 41.9 Å². The molecular formula is C23H32N6O2. The van der Waals surface area contributed by atoms with E-state index in [1.54, 1.807) is 0 Å². The fraction of sp³-hybridized carbons (Fsp3) is 0.609. The van der Waals surface area contributed by atoms with Gasteiger partial charge in [-0.05, 0) is 63.4 Å². The molecule has 8 heteroatoms. The van der Waals surface area contributed by atoms with Crippen molar-refractivity contribution >= 4 is 23.3 Å². The van der Waals surface area contributed by atoms with Crippen LogP contribution in [0.5, 0.6) is 0 Å². The van der Waals surface area contributed by atoms with Gasteiger partial charge < -0.3 is 20.5 Å². The normalized spacial score (nSPS) is 32.3. The van der Waals surface area contributed by atoms with Crippen LogP contribution in [0, 0.1) is 24.7 Å². The van der Waals surface area contributed by atoms with E-state index >= 15 is 0 Å². The summed E-state index contributed by atoms with van der Waals surface area (Å²) >= 11 is 0. The van der Waals surface area contributed by atoms with Gasteiger partial charge in [0.15, 0.2) is 5.82 Å². The molecule has 2 bridgehead atoms. The molecule has 0 amide bonds. The van der Waals surface area contributed by atoms with Crippen molar-refractivity contribution in [1.82, 2.24) is 20.2 Å². The number of ether oxygens (including phenoxy) is 1. The third-order valence-electron chi connectivity index (χ3n) is 6.83. The van der Waals surface area contributed by atoms with Crippen molar-refractivity contribution in [3.63, 3.8) is 0 Å². The van der Waals surface area contributed by atoms with Crippen LogP contribution in [0.4, 0.5) is 17.6 Å². The summed E-state index contributed by atoms with van der Waals surface area (Å²) in [7, 11) is 0. The molecule has 0 radical (unpaired) electrons. The van der Waals surface area contributed by atoms with E-state index in [4.69, 9.17) is 14.7 Å². The smallest absolute Gasteiger partial charge is 0.225 e. The van der Waals surface area contributed by atoms with Crippen LogP contribution in [-0.2, 0) is 4.74 Å². The van der Waals surface area contributed by atoms with Crippen LogP contribution < -0.4 is 10.6 Å². The molecule has 2 saturated carbocycles. The van der Waals surface area contributed by atoms with Gasteiger partial charge >= 0.3 is 0 Å². The Balaban J connectivity index is 1.43. The van der Waals surface area contributed by atoms with Crippen LogP contribution in [0.25, 0.3) is 5.76 Å². The average Bonchev–Trinajstić information content (AvgIpc) is 3.35. The maximum absolute atomic E-state index is 10.7. The first-order chi connectivity index (χ1) is 14.8. The Morgan fingerprint density at radius 1 is 1.19 bits per heavy atom.